The van der Waals surface area contributed by atoms with Crippen LogP contribution in [0.5, 0.6) is 11.6 Å². The van der Waals surface area contributed by atoms with Gasteiger partial charge in [0.25, 0.3) is 0 Å². The van der Waals surface area contributed by atoms with E-state index < -0.39 is 0 Å². The van der Waals surface area contributed by atoms with Crippen molar-refractivity contribution >= 4 is 0 Å². The Kier molecular flexibility index (Phi) is 4.39. The molecule has 1 unspecified atom stereocenters. The van der Waals surface area contributed by atoms with Gasteiger partial charge in [-0.05, 0) is 25.1 Å². The minimum Gasteiger partial charge on any atom is -0.441 e. The fourth-order valence-electron chi connectivity index (χ4n) is 2.25. The number of rotatable bonds is 5. The zero-order chi connectivity index (χ0) is 16.2. The van der Waals surface area contributed by atoms with Gasteiger partial charge in [-0.3, -0.25) is 0 Å². The van der Waals surface area contributed by atoms with E-state index in [0.717, 1.165) is 17.0 Å². The average molecular weight is 310 g/mol. The summed E-state index contributed by atoms with van der Waals surface area (Å²) in [4.78, 5) is 8.74. The van der Waals surface area contributed by atoms with Crippen molar-refractivity contribution in [1.82, 2.24) is 9.97 Å². The zero-order valence-corrected chi connectivity index (χ0v) is 13.1. The number of hydrogen-bond acceptors (Lipinski definition) is 5. The van der Waals surface area contributed by atoms with Gasteiger partial charge in [0.15, 0.2) is 0 Å². The van der Waals surface area contributed by atoms with Crippen LogP contribution in [0.1, 0.15) is 24.3 Å². The third-order valence-corrected chi connectivity index (χ3v) is 3.52. The second-order valence-electron chi connectivity index (χ2n) is 5.34. The van der Waals surface area contributed by atoms with E-state index >= 15 is 0 Å². The number of aromatic nitrogens is 2. The molecule has 0 saturated carbocycles. The molecule has 0 aliphatic heterocycles. The molecule has 3 rings (SSSR count). The van der Waals surface area contributed by atoms with Crippen LogP contribution in [0.15, 0.2) is 53.1 Å². The predicted octanol–water partition coefficient (Wildman–Crippen LogP) is 3.93. The monoisotopic (exact) mass is 310 g/mol. The summed E-state index contributed by atoms with van der Waals surface area (Å²) < 4.78 is 11.3. The molecule has 0 aliphatic carbocycles. The molecule has 0 saturated heterocycles. The number of benzene rings is 1. The van der Waals surface area contributed by atoms with Crippen molar-refractivity contribution in [3.05, 3.63) is 60.1 Å². The Labute approximate surface area is 134 Å². The Morgan fingerprint density at radius 1 is 1.17 bits per heavy atom. The fraction of sp³-hybridized carbons (Fsp3) is 0.222. The lowest BCUT2D eigenvalue weighted by atomic mass is 10.1. The van der Waals surface area contributed by atoms with Crippen LogP contribution >= 0.6 is 0 Å². The molecule has 2 aromatic heterocycles. The lowest BCUT2D eigenvalue weighted by Gasteiger charge is -2.04. The highest BCUT2D eigenvalue weighted by atomic mass is 16.5. The second kappa shape index (κ2) is 6.62. The molecule has 1 atom stereocenters. The molecule has 23 heavy (non-hydrogen) atoms. The summed E-state index contributed by atoms with van der Waals surface area (Å²) in [5.74, 6) is 2.40. The number of oxazole rings is 1. The maximum Gasteiger partial charge on any atom is 0.228 e. The first-order valence-electron chi connectivity index (χ1n) is 7.45. The Balaban J connectivity index is 1.80. The summed E-state index contributed by atoms with van der Waals surface area (Å²) in [6, 6.07) is 13.1. The van der Waals surface area contributed by atoms with E-state index in [1.807, 2.05) is 50.2 Å². The van der Waals surface area contributed by atoms with Crippen LogP contribution < -0.4 is 4.74 Å². The number of pyridine rings is 1. The SMILES string of the molecule is Cc1oc(-c2ccc(Oc3ccccc3)nc2)nc1C(C)CO. The minimum absolute atomic E-state index is 0.0366. The van der Waals surface area contributed by atoms with E-state index in [0.29, 0.717) is 17.5 Å². The third kappa shape index (κ3) is 3.40. The number of aliphatic hydroxyl groups is 1. The highest BCUT2D eigenvalue weighted by Crippen LogP contribution is 2.27. The Hall–Kier alpha value is -2.66. The number of hydrogen-bond donors (Lipinski definition) is 1. The van der Waals surface area contributed by atoms with Gasteiger partial charge in [0.2, 0.25) is 11.8 Å². The number of ether oxygens (including phenoxy) is 1. The molecular formula is C18H18N2O3. The second-order valence-corrected chi connectivity index (χ2v) is 5.34. The summed E-state index contributed by atoms with van der Waals surface area (Å²) in [6.45, 7) is 3.79. The van der Waals surface area contributed by atoms with E-state index in [-0.39, 0.29) is 12.5 Å². The summed E-state index contributed by atoms with van der Waals surface area (Å²) in [5, 5.41) is 9.26. The van der Waals surface area contributed by atoms with Gasteiger partial charge >= 0.3 is 0 Å². The van der Waals surface area contributed by atoms with Crippen molar-refractivity contribution in [3.8, 4) is 23.1 Å². The summed E-state index contributed by atoms with van der Waals surface area (Å²) in [7, 11) is 0. The van der Waals surface area contributed by atoms with Crippen LogP contribution in [-0.2, 0) is 0 Å². The molecule has 118 valence electrons. The van der Waals surface area contributed by atoms with Crippen molar-refractivity contribution in [3.63, 3.8) is 0 Å². The lowest BCUT2D eigenvalue weighted by Crippen LogP contribution is -2.00. The van der Waals surface area contributed by atoms with E-state index in [4.69, 9.17) is 9.15 Å². The third-order valence-electron chi connectivity index (χ3n) is 3.52. The first-order valence-corrected chi connectivity index (χ1v) is 7.45. The highest BCUT2D eigenvalue weighted by Gasteiger charge is 2.16. The quantitative estimate of drug-likeness (QED) is 0.773. The van der Waals surface area contributed by atoms with Crippen molar-refractivity contribution in [2.24, 2.45) is 0 Å². The van der Waals surface area contributed by atoms with Crippen molar-refractivity contribution in [2.45, 2.75) is 19.8 Å². The first kappa shape index (κ1) is 15.2. The van der Waals surface area contributed by atoms with Crippen molar-refractivity contribution < 1.29 is 14.3 Å². The molecule has 0 radical (unpaired) electrons. The van der Waals surface area contributed by atoms with Crippen LogP contribution in [0, 0.1) is 6.92 Å². The van der Waals surface area contributed by atoms with E-state index in [2.05, 4.69) is 9.97 Å². The predicted molar refractivity (Wildman–Crippen MR) is 86.5 cm³/mol. The summed E-state index contributed by atoms with van der Waals surface area (Å²) in [6.07, 6.45) is 1.66. The number of aryl methyl sites for hydroxylation is 1. The zero-order valence-electron chi connectivity index (χ0n) is 13.1. The van der Waals surface area contributed by atoms with Crippen LogP contribution in [0.3, 0.4) is 0 Å². The topological polar surface area (TPSA) is 68.4 Å². The number of nitrogens with zero attached hydrogens (tertiary/aromatic N) is 2. The maximum absolute atomic E-state index is 9.26. The maximum atomic E-state index is 9.26. The number of para-hydroxylation sites is 1. The Bertz CT molecular complexity index is 767. The molecule has 0 aliphatic rings. The van der Waals surface area contributed by atoms with Gasteiger partial charge in [0, 0.05) is 18.2 Å². The molecular weight excluding hydrogens is 292 g/mol. The summed E-state index contributed by atoms with van der Waals surface area (Å²) in [5.41, 5.74) is 1.54. The molecule has 0 spiro atoms. The smallest absolute Gasteiger partial charge is 0.228 e. The Morgan fingerprint density at radius 3 is 2.61 bits per heavy atom. The van der Waals surface area contributed by atoms with Gasteiger partial charge in [-0.1, -0.05) is 25.1 Å². The minimum atomic E-state index is -0.0545. The lowest BCUT2D eigenvalue weighted by molar-refractivity contribution is 0.270. The fourth-order valence-corrected chi connectivity index (χ4v) is 2.25. The molecule has 0 bridgehead atoms. The largest absolute Gasteiger partial charge is 0.441 e. The van der Waals surface area contributed by atoms with Crippen LogP contribution in [0.25, 0.3) is 11.5 Å². The van der Waals surface area contributed by atoms with E-state index in [1.165, 1.54) is 0 Å². The molecule has 5 nitrogen and oxygen atoms in total. The van der Waals surface area contributed by atoms with Gasteiger partial charge in [-0.2, -0.15) is 0 Å². The van der Waals surface area contributed by atoms with Crippen molar-refractivity contribution in [1.29, 1.82) is 0 Å². The van der Waals surface area contributed by atoms with Crippen LogP contribution in [-0.4, -0.2) is 21.7 Å². The molecule has 1 aromatic carbocycles. The highest BCUT2D eigenvalue weighted by molar-refractivity contribution is 5.53. The first-order chi connectivity index (χ1) is 11.2. The van der Waals surface area contributed by atoms with Gasteiger partial charge in [-0.25, -0.2) is 9.97 Å². The Morgan fingerprint density at radius 2 is 1.96 bits per heavy atom. The number of aliphatic hydroxyl groups excluding tert-OH is 1. The summed E-state index contributed by atoms with van der Waals surface area (Å²) >= 11 is 0. The van der Waals surface area contributed by atoms with Crippen LogP contribution in [0.4, 0.5) is 0 Å². The van der Waals surface area contributed by atoms with Gasteiger partial charge in [0.05, 0.1) is 17.9 Å². The van der Waals surface area contributed by atoms with E-state index in [1.54, 1.807) is 12.3 Å². The van der Waals surface area contributed by atoms with Crippen LogP contribution in [0.2, 0.25) is 0 Å². The van der Waals surface area contributed by atoms with Gasteiger partial charge in [-0.15, -0.1) is 0 Å². The molecule has 0 fully saturated rings. The van der Waals surface area contributed by atoms with Gasteiger partial charge in [0.1, 0.15) is 11.5 Å². The van der Waals surface area contributed by atoms with Gasteiger partial charge < -0.3 is 14.3 Å². The molecule has 3 aromatic rings. The molecule has 2 heterocycles. The standard InChI is InChI=1S/C18H18N2O3/c1-12(11-21)17-13(2)22-18(20-17)14-8-9-16(19-10-14)23-15-6-4-3-5-7-15/h3-10,12,21H,11H2,1-2H3. The molecule has 0 amide bonds. The molecule has 1 N–H and O–H groups in total. The van der Waals surface area contributed by atoms with Crippen molar-refractivity contribution in [2.75, 3.05) is 6.61 Å². The average Bonchev–Trinajstić information content (AvgIpc) is 2.97. The normalized spacial score (nSPS) is 12.1. The van der Waals surface area contributed by atoms with E-state index in [9.17, 15) is 5.11 Å². The molecule has 5 heteroatoms.